The van der Waals surface area contributed by atoms with Crippen LogP contribution in [0.25, 0.3) is 0 Å². The number of aliphatic hydroxyl groups is 1. The van der Waals surface area contributed by atoms with Crippen LogP contribution >= 0.6 is 0 Å². The summed E-state index contributed by atoms with van der Waals surface area (Å²) in [5, 5.41) is 30.7. The van der Waals surface area contributed by atoms with Crippen LogP contribution in [0, 0.1) is 48.8 Å². The van der Waals surface area contributed by atoms with Crippen LogP contribution in [0.1, 0.15) is 97.3 Å². The summed E-state index contributed by atoms with van der Waals surface area (Å²) in [6.07, 6.45) is 5.23. The van der Waals surface area contributed by atoms with E-state index in [1.807, 2.05) is 6.92 Å². The molecule has 0 amide bonds. The second kappa shape index (κ2) is 14.4. The van der Waals surface area contributed by atoms with Crippen LogP contribution in [0.3, 0.4) is 0 Å². The van der Waals surface area contributed by atoms with Crippen LogP contribution in [-0.4, -0.2) is 70.3 Å². The Labute approximate surface area is 266 Å². The lowest BCUT2D eigenvalue weighted by Gasteiger charge is -2.60. The highest BCUT2D eigenvalue weighted by molar-refractivity contribution is 5.93. The third kappa shape index (κ3) is 7.18. The molecule has 0 saturated heterocycles. The van der Waals surface area contributed by atoms with Crippen molar-refractivity contribution in [2.24, 2.45) is 28.6 Å². The summed E-state index contributed by atoms with van der Waals surface area (Å²) in [5.41, 5.74) is -1.93. The summed E-state index contributed by atoms with van der Waals surface area (Å²) in [4.78, 5) is 81.2. The van der Waals surface area contributed by atoms with E-state index in [4.69, 9.17) is 9.47 Å². The summed E-state index contributed by atoms with van der Waals surface area (Å²) in [5.74, 6) is -2.03. The van der Waals surface area contributed by atoms with Crippen LogP contribution in [0.15, 0.2) is 11.6 Å². The number of nitrogens with zero attached hydrogens (tertiary/aromatic N) is 2. The molecule has 0 spiro atoms. The Hall–Kier alpha value is -3.62. The molecule has 0 aromatic rings. The third-order valence-electron chi connectivity index (χ3n) is 11.0. The smallest absolute Gasteiger partial charge is 0.306 e. The lowest BCUT2D eigenvalue weighted by Crippen LogP contribution is -2.63. The predicted octanol–water partition coefficient (Wildman–Crippen LogP) is 3.64. The molecule has 0 heterocycles. The minimum atomic E-state index is -1.67. The Bertz CT molecular complexity index is 1250. The fourth-order valence-electron chi connectivity index (χ4n) is 8.90. The van der Waals surface area contributed by atoms with E-state index < -0.39 is 51.6 Å². The number of fused-ring (bicyclic) bond motifs is 5. The van der Waals surface area contributed by atoms with Gasteiger partial charge >= 0.3 is 11.9 Å². The summed E-state index contributed by atoms with van der Waals surface area (Å²) in [6, 6.07) is 0. The maximum absolute atomic E-state index is 14.1. The van der Waals surface area contributed by atoms with Gasteiger partial charge in [0.15, 0.2) is 12.2 Å². The molecule has 1 N–H and O–H groups in total. The van der Waals surface area contributed by atoms with Crippen LogP contribution in [0.5, 0.6) is 0 Å². The van der Waals surface area contributed by atoms with Gasteiger partial charge in [0.25, 0.3) is 10.2 Å². The first-order valence-electron chi connectivity index (χ1n) is 16.1. The van der Waals surface area contributed by atoms with E-state index in [1.165, 1.54) is 0 Å². The number of allylic oxidation sites excluding steroid dienone is 2. The lowest BCUT2D eigenvalue weighted by molar-refractivity contribution is -0.757. The number of hydrogen-bond donors (Lipinski definition) is 1. The van der Waals surface area contributed by atoms with Crippen molar-refractivity contribution in [2.75, 3.05) is 19.8 Å². The summed E-state index contributed by atoms with van der Waals surface area (Å²) < 4.78 is 11.4. The van der Waals surface area contributed by atoms with Crippen LogP contribution in [0.2, 0.25) is 0 Å². The molecule has 4 aliphatic rings. The van der Waals surface area contributed by atoms with E-state index in [0.29, 0.717) is 51.4 Å². The van der Waals surface area contributed by atoms with Crippen molar-refractivity contribution in [3.8, 4) is 0 Å². The Morgan fingerprint density at radius 3 is 2.35 bits per heavy atom. The van der Waals surface area contributed by atoms with Gasteiger partial charge in [-0.25, -0.2) is 0 Å². The molecule has 15 heteroatoms. The highest BCUT2D eigenvalue weighted by atomic mass is 17.0. The van der Waals surface area contributed by atoms with Crippen molar-refractivity contribution in [3.05, 3.63) is 31.9 Å². The Kier molecular flexibility index (Phi) is 11.1. The second-order valence-corrected chi connectivity index (χ2v) is 13.5. The Morgan fingerprint density at radius 1 is 0.978 bits per heavy atom. The number of Topliss-reactive ketones (excluding diaryl/α,β-unsaturated/α-hetero) is 2. The van der Waals surface area contributed by atoms with E-state index in [-0.39, 0.29) is 74.3 Å². The van der Waals surface area contributed by atoms with Gasteiger partial charge in [0.1, 0.15) is 5.78 Å². The number of ether oxygens (including phenoxy) is 2. The predicted molar refractivity (Wildman–Crippen MR) is 156 cm³/mol. The van der Waals surface area contributed by atoms with Gasteiger partial charge in [-0.1, -0.05) is 31.9 Å². The molecule has 0 aromatic heterocycles. The van der Waals surface area contributed by atoms with Crippen LogP contribution < -0.4 is 0 Å². The maximum Gasteiger partial charge on any atom is 0.306 e. The standard InChI is InChI=1S/C31H44N2O13/c1-29-13-11-21(34)17-20(29)9-10-22-23-12-14-31(30(23,2)18-24(35)28(22)29,46-27(38)7-4-3-5-15-44-32(39)40)25(36)19-43-26(37)8-6-16-45-33(41)42/h9,22-24,28,35H,3-8,10-19H2,1-2H3/t22?,23?,24-,28+,29-,30-,31-/m0/s1. The van der Waals surface area contributed by atoms with Crippen molar-refractivity contribution in [1.82, 2.24) is 0 Å². The zero-order chi connectivity index (χ0) is 33.7. The quantitative estimate of drug-likeness (QED) is 0.0830. The topological polar surface area (TPSA) is 212 Å². The van der Waals surface area contributed by atoms with Gasteiger partial charge in [0, 0.05) is 31.1 Å². The molecule has 3 fully saturated rings. The van der Waals surface area contributed by atoms with Crippen molar-refractivity contribution < 1.29 is 53.6 Å². The molecule has 3 saturated carbocycles. The first-order valence-corrected chi connectivity index (χ1v) is 16.1. The minimum absolute atomic E-state index is 0.00968. The Morgan fingerprint density at radius 2 is 1.65 bits per heavy atom. The van der Waals surface area contributed by atoms with E-state index in [9.17, 15) is 44.5 Å². The van der Waals surface area contributed by atoms with Crippen LogP contribution in [-0.2, 0) is 38.3 Å². The van der Waals surface area contributed by atoms with Gasteiger partial charge in [-0.2, -0.15) is 0 Å². The van der Waals surface area contributed by atoms with Gasteiger partial charge < -0.3 is 24.3 Å². The average molecular weight is 653 g/mol. The number of aliphatic hydroxyl groups excluding tert-OH is 1. The summed E-state index contributed by atoms with van der Waals surface area (Å²) >= 11 is 0. The second-order valence-electron chi connectivity index (χ2n) is 13.5. The van der Waals surface area contributed by atoms with Crippen molar-refractivity contribution in [1.29, 1.82) is 0 Å². The molecule has 15 nitrogen and oxygen atoms in total. The fourth-order valence-corrected chi connectivity index (χ4v) is 8.90. The zero-order valence-corrected chi connectivity index (χ0v) is 26.4. The summed E-state index contributed by atoms with van der Waals surface area (Å²) in [6.45, 7) is 2.91. The molecular formula is C31H44N2O13. The average Bonchev–Trinajstić information content (AvgIpc) is 3.27. The highest BCUT2D eigenvalue weighted by Crippen LogP contribution is 2.68. The van der Waals surface area contributed by atoms with Crippen molar-refractivity contribution in [2.45, 2.75) is 109 Å². The maximum atomic E-state index is 14.1. The number of hydrogen-bond acceptors (Lipinski definition) is 13. The number of ketones is 2. The van der Waals surface area contributed by atoms with Crippen molar-refractivity contribution in [3.63, 3.8) is 0 Å². The van der Waals surface area contributed by atoms with Crippen molar-refractivity contribution >= 4 is 23.5 Å². The number of unbranched alkanes of at least 4 members (excludes halogenated alkanes) is 2. The molecule has 256 valence electrons. The molecule has 0 aliphatic heterocycles. The molecule has 0 aromatic carbocycles. The molecule has 46 heavy (non-hydrogen) atoms. The van der Waals surface area contributed by atoms with E-state index in [1.54, 1.807) is 0 Å². The van der Waals surface area contributed by atoms with Gasteiger partial charge in [-0.15, -0.1) is 20.2 Å². The van der Waals surface area contributed by atoms with E-state index >= 15 is 0 Å². The monoisotopic (exact) mass is 652 g/mol. The number of esters is 2. The molecule has 7 atom stereocenters. The summed E-state index contributed by atoms with van der Waals surface area (Å²) in [7, 11) is 0. The van der Waals surface area contributed by atoms with Gasteiger partial charge in [0.05, 0.1) is 19.3 Å². The van der Waals surface area contributed by atoms with Gasteiger partial charge in [-0.3, -0.25) is 19.2 Å². The molecule has 4 aliphatic carbocycles. The van der Waals surface area contributed by atoms with E-state index in [2.05, 4.69) is 22.7 Å². The van der Waals surface area contributed by atoms with E-state index in [0.717, 1.165) is 5.57 Å². The normalized spacial score (nSPS) is 33.0. The number of carbonyl (C=O) groups is 4. The Balaban J connectivity index is 1.52. The first kappa shape index (κ1) is 35.2. The molecule has 0 bridgehead atoms. The van der Waals surface area contributed by atoms with Crippen LogP contribution in [0.4, 0.5) is 0 Å². The SMILES string of the molecule is C[C@]12CCC(=O)CC1=CCC1C3CC[C@](OC(=O)CCCCCO[N+](=O)[O-])(C(=O)COC(=O)CCCO[N+](=O)[O-])[C@@]3(C)C[C@H](O)[C@@H]12. The molecule has 4 rings (SSSR count). The number of carbonyl (C=O) groups excluding carboxylic acids is 4. The van der Waals surface area contributed by atoms with Gasteiger partial charge in [0.2, 0.25) is 5.78 Å². The van der Waals surface area contributed by atoms with Gasteiger partial charge in [-0.05, 0) is 74.5 Å². The first-order chi connectivity index (χ1) is 21.7. The molecule has 2 unspecified atom stereocenters. The highest BCUT2D eigenvalue weighted by Gasteiger charge is 2.70. The third-order valence-corrected chi connectivity index (χ3v) is 11.0. The minimum Gasteiger partial charge on any atom is -0.457 e. The lowest BCUT2D eigenvalue weighted by atomic mass is 9.46. The molecule has 0 radical (unpaired) electrons. The zero-order valence-electron chi connectivity index (χ0n) is 26.4. The largest absolute Gasteiger partial charge is 0.457 e. The number of rotatable bonds is 16. The molecular weight excluding hydrogens is 608 g/mol. The fraction of sp³-hybridized carbons (Fsp3) is 0.806.